The summed E-state index contributed by atoms with van der Waals surface area (Å²) in [4.78, 5) is 12.8. The maximum Gasteiger partial charge on any atom is 0.315 e. The molecule has 0 fully saturated rings. The van der Waals surface area contributed by atoms with Gasteiger partial charge in [0.1, 0.15) is 0 Å². The SMILES string of the molecule is C[C@@H](NC(=O)NCCCn1cccn1)c1ccc(Cl)s1. The number of carbonyl (C=O) groups excluding carboxylic acids is 1. The first-order valence-corrected chi connectivity index (χ1v) is 7.61. The first-order chi connectivity index (χ1) is 9.65. The zero-order valence-electron chi connectivity index (χ0n) is 11.2. The first kappa shape index (κ1) is 14.9. The van der Waals surface area contributed by atoms with E-state index in [1.165, 1.54) is 11.3 Å². The lowest BCUT2D eigenvalue weighted by atomic mass is 10.3. The fourth-order valence-corrected chi connectivity index (χ4v) is 2.82. The molecular weight excluding hydrogens is 296 g/mol. The van der Waals surface area contributed by atoms with Crippen LogP contribution in [0, 0.1) is 0 Å². The molecule has 0 unspecified atom stereocenters. The predicted molar refractivity (Wildman–Crippen MR) is 81.1 cm³/mol. The van der Waals surface area contributed by atoms with Crippen molar-refractivity contribution in [2.45, 2.75) is 25.9 Å². The van der Waals surface area contributed by atoms with Gasteiger partial charge in [-0.25, -0.2) is 4.79 Å². The van der Waals surface area contributed by atoms with Gasteiger partial charge in [-0.2, -0.15) is 5.10 Å². The van der Waals surface area contributed by atoms with Gasteiger partial charge in [-0.15, -0.1) is 11.3 Å². The van der Waals surface area contributed by atoms with Crippen molar-refractivity contribution >= 4 is 29.0 Å². The summed E-state index contributed by atoms with van der Waals surface area (Å²) < 4.78 is 2.57. The Labute approximate surface area is 126 Å². The van der Waals surface area contributed by atoms with Crippen molar-refractivity contribution < 1.29 is 4.79 Å². The maximum atomic E-state index is 11.7. The second-order valence-electron chi connectivity index (χ2n) is 4.39. The summed E-state index contributed by atoms with van der Waals surface area (Å²) in [5.74, 6) is 0. The van der Waals surface area contributed by atoms with Gasteiger partial charge in [0.2, 0.25) is 0 Å². The summed E-state index contributed by atoms with van der Waals surface area (Å²) in [6, 6.07) is 5.44. The van der Waals surface area contributed by atoms with Crippen molar-refractivity contribution in [2.24, 2.45) is 0 Å². The Kier molecular flexibility index (Phi) is 5.43. The summed E-state index contributed by atoms with van der Waals surface area (Å²) in [6.45, 7) is 3.35. The van der Waals surface area contributed by atoms with Gasteiger partial charge in [-0.05, 0) is 31.5 Å². The summed E-state index contributed by atoms with van der Waals surface area (Å²) in [5.41, 5.74) is 0. The van der Waals surface area contributed by atoms with Crippen molar-refractivity contribution in [1.29, 1.82) is 0 Å². The van der Waals surface area contributed by atoms with Crippen LogP contribution in [0.4, 0.5) is 4.79 Å². The van der Waals surface area contributed by atoms with Gasteiger partial charge in [0.25, 0.3) is 0 Å². The van der Waals surface area contributed by atoms with Crippen molar-refractivity contribution in [3.05, 3.63) is 39.8 Å². The van der Waals surface area contributed by atoms with Gasteiger partial charge < -0.3 is 10.6 Å². The van der Waals surface area contributed by atoms with Crippen LogP contribution in [0.5, 0.6) is 0 Å². The molecule has 0 aliphatic rings. The molecular formula is C13H17ClN4OS. The highest BCUT2D eigenvalue weighted by Crippen LogP contribution is 2.26. The summed E-state index contributed by atoms with van der Waals surface area (Å²) in [7, 11) is 0. The molecule has 0 radical (unpaired) electrons. The fraction of sp³-hybridized carbons (Fsp3) is 0.385. The molecule has 0 aliphatic heterocycles. The highest BCUT2D eigenvalue weighted by molar-refractivity contribution is 7.16. The number of nitrogens with zero attached hydrogens (tertiary/aromatic N) is 2. The molecule has 0 saturated heterocycles. The van der Waals surface area contributed by atoms with E-state index in [-0.39, 0.29) is 12.1 Å². The van der Waals surface area contributed by atoms with Gasteiger partial charge >= 0.3 is 6.03 Å². The number of thiophene rings is 1. The van der Waals surface area contributed by atoms with E-state index in [9.17, 15) is 4.79 Å². The molecule has 2 aromatic heterocycles. The number of hydrogen-bond acceptors (Lipinski definition) is 3. The van der Waals surface area contributed by atoms with Crippen molar-refractivity contribution in [1.82, 2.24) is 20.4 Å². The number of aromatic nitrogens is 2. The van der Waals surface area contributed by atoms with E-state index in [0.717, 1.165) is 22.2 Å². The second-order valence-corrected chi connectivity index (χ2v) is 6.13. The number of nitrogens with one attached hydrogen (secondary N) is 2. The standard InChI is InChI=1S/C13H17ClN4OS/c1-10(11-4-5-12(14)20-11)17-13(19)15-6-2-8-18-9-3-7-16-18/h3-5,7,9-10H,2,6,8H2,1H3,(H2,15,17,19)/t10-/m1/s1. The average molecular weight is 313 g/mol. The Balaban J connectivity index is 1.65. The van der Waals surface area contributed by atoms with Crippen LogP contribution in [0.2, 0.25) is 4.34 Å². The van der Waals surface area contributed by atoms with Gasteiger partial charge in [-0.3, -0.25) is 4.68 Å². The van der Waals surface area contributed by atoms with Crippen molar-refractivity contribution in [3.63, 3.8) is 0 Å². The van der Waals surface area contributed by atoms with Crippen LogP contribution in [0.1, 0.15) is 24.3 Å². The lowest BCUT2D eigenvalue weighted by Crippen LogP contribution is -2.37. The van der Waals surface area contributed by atoms with Gasteiger partial charge in [0, 0.05) is 30.4 Å². The highest BCUT2D eigenvalue weighted by Gasteiger charge is 2.10. The summed E-state index contributed by atoms with van der Waals surface area (Å²) in [6.07, 6.45) is 4.49. The molecule has 0 aromatic carbocycles. The van der Waals surface area contributed by atoms with E-state index in [2.05, 4.69) is 15.7 Å². The molecule has 1 atom stereocenters. The molecule has 2 aromatic rings. The van der Waals surface area contributed by atoms with Crippen LogP contribution >= 0.6 is 22.9 Å². The minimum Gasteiger partial charge on any atom is -0.338 e. The number of halogens is 1. The Morgan fingerprint density at radius 3 is 3.05 bits per heavy atom. The number of urea groups is 1. The Bertz CT molecular complexity index is 540. The second kappa shape index (κ2) is 7.31. The largest absolute Gasteiger partial charge is 0.338 e. The average Bonchev–Trinajstić information content (AvgIpc) is 3.06. The van der Waals surface area contributed by atoms with Gasteiger partial charge in [0.15, 0.2) is 0 Å². The molecule has 2 N–H and O–H groups in total. The zero-order chi connectivity index (χ0) is 14.4. The van der Waals surface area contributed by atoms with E-state index in [1.807, 2.05) is 36.0 Å². The van der Waals surface area contributed by atoms with Crippen LogP contribution < -0.4 is 10.6 Å². The number of rotatable bonds is 6. The fourth-order valence-electron chi connectivity index (χ4n) is 1.76. The molecule has 2 rings (SSSR count). The van der Waals surface area contributed by atoms with E-state index in [0.29, 0.717) is 6.54 Å². The molecule has 0 bridgehead atoms. The minimum atomic E-state index is -0.164. The van der Waals surface area contributed by atoms with Crippen LogP contribution in [0.25, 0.3) is 0 Å². The summed E-state index contributed by atoms with van der Waals surface area (Å²) >= 11 is 7.35. The minimum absolute atomic E-state index is 0.0429. The summed E-state index contributed by atoms with van der Waals surface area (Å²) in [5, 5.41) is 9.82. The van der Waals surface area contributed by atoms with Crippen LogP contribution in [-0.4, -0.2) is 22.4 Å². The van der Waals surface area contributed by atoms with Crippen LogP contribution in [0.15, 0.2) is 30.6 Å². The molecule has 0 aliphatic carbocycles. The molecule has 5 nitrogen and oxygen atoms in total. The lowest BCUT2D eigenvalue weighted by Gasteiger charge is -2.13. The van der Waals surface area contributed by atoms with Crippen LogP contribution in [-0.2, 0) is 6.54 Å². The predicted octanol–water partition coefficient (Wildman–Crippen LogP) is 3.05. The Morgan fingerprint density at radius 1 is 1.55 bits per heavy atom. The molecule has 108 valence electrons. The number of hydrogen-bond donors (Lipinski definition) is 2. The normalized spacial score (nSPS) is 12.1. The molecule has 2 amide bonds. The molecule has 2 heterocycles. The monoisotopic (exact) mass is 312 g/mol. The highest BCUT2D eigenvalue weighted by atomic mass is 35.5. The molecule has 7 heteroatoms. The van der Waals surface area contributed by atoms with Crippen molar-refractivity contribution in [3.8, 4) is 0 Å². The third-order valence-electron chi connectivity index (χ3n) is 2.78. The molecule has 20 heavy (non-hydrogen) atoms. The molecule has 0 spiro atoms. The Hall–Kier alpha value is -1.53. The van der Waals surface area contributed by atoms with Gasteiger partial charge in [0.05, 0.1) is 10.4 Å². The zero-order valence-corrected chi connectivity index (χ0v) is 12.7. The maximum absolute atomic E-state index is 11.7. The smallest absolute Gasteiger partial charge is 0.315 e. The van der Waals surface area contributed by atoms with Gasteiger partial charge in [-0.1, -0.05) is 11.6 Å². The van der Waals surface area contributed by atoms with E-state index in [1.54, 1.807) is 6.20 Å². The third kappa shape index (κ3) is 4.54. The lowest BCUT2D eigenvalue weighted by molar-refractivity contribution is 0.237. The van der Waals surface area contributed by atoms with Crippen LogP contribution in [0.3, 0.4) is 0 Å². The van der Waals surface area contributed by atoms with E-state index >= 15 is 0 Å². The quantitative estimate of drug-likeness (QED) is 0.805. The number of aryl methyl sites for hydroxylation is 1. The topological polar surface area (TPSA) is 59.0 Å². The number of carbonyl (C=O) groups is 1. The molecule has 0 saturated carbocycles. The number of amides is 2. The van der Waals surface area contributed by atoms with E-state index < -0.39 is 0 Å². The first-order valence-electron chi connectivity index (χ1n) is 6.42. The van der Waals surface area contributed by atoms with E-state index in [4.69, 9.17) is 11.6 Å². The third-order valence-corrected chi connectivity index (χ3v) is 4.19. The Morgan fingerprint density at radius 2 is 2.40 bits per heavy atom. The van der Waals surface area contributed by atoms with Crippen molar-refractivity contribution in [2.75, 3.05) is 6.54 Å².